The van der Waals surface area contributed by atoms with E-state index in [4.69, 9.17) is 0 Å². The van der Waals surface area contributed by atoms with Crippen LogP contribution in [0.1, 0.15) is 19.8 Å². The van der Waals surface area contributed by atoms with Crippen molar-refractivity contribution in [3.8, 4) is 0 Å². The lowest BCUT2D eigenvalue weighted by atomic mass is 9.97. The van der Waals surface area contributed by atoms with Crippen LogP contribution in [0.2, 0.25) is 0 Å². The monoisotopic (exact) mass is 411 g/mol. The molecule has 1 saturated heterocycles. The molecule has 0 saturated carbocycles. The predicted molar refractivity (Wildman–Crippen MR) is 80.5 cm³/mol. The van der Waals surface area contributed by atoms with Gasteiger partial charge in [-0.3, -0.25) is 0 Å². The van der Waals surface area contributed by atoms with Gasteiger partial charge in [-0.2, -0.15) is 4.31 Å². The third-order valence-electron chi connectivity index (χ3n) is 3.15. The lowest BCUT2D eigenvalue weighted by Crippen LogP contribution is -2.48. The van der Waals surface area contributed by atoms with Crippen LogP contribution in [0.5, 0.6) is 0 Å². The molecule has 0 amide bonds. The third-order valence-corrected chi connectivity index (χ3v) is 6.48. The average molecular weight is 413 g/mol. The maximum atomic E-state index is 12.6. The number of piperidine rings is 1. The first-order chi connectivity index (χ1) is 8.72. The van der Waals surface area contributed by atoms with Gasteiger partial charge in [0.1, 0.15) is 0 Å². The van der Waals surface area contributed by atoms with Crippen LogP contribution in [-0.2, 0) is 10.0 Å². The zero-order chi connectivity index (χ0) is 14.3. The van der Waals surface area contributed by atoms with Crippen LogP contribution in [0.3, 0.4) is 0 Å². The number of benzene rings is 1. The molecule has 1 aliphatic rings. The SMILES string of the molecule is CC1(O)CCCN(S(=O)(=O)c2cc(Br)ccc2Br)C1. The van der Waals surface area contributed by atoms with Crippen LogP contribution >= 0.6 is 31.9 Å². The molecule has 1 aromatic rings. The van der Waals surface area contributed by atoms with E-state index in [1.54, 1.807) is 25.1 Å². The maximum Gasteiger partial charge on any atom is 0.244 e. The lowest BCUT2D eigenvalue weighted by molar-refractivity contribution is 0.00939. The molecule has 1 unspecified atom stereocenters. The number of β-amino-alcohol motifs (C(OH)–C–C–N with tert-alkyl or cyclic N) is 1. The third kappa shape index (κ3) is 3.39. The molecule has 0 bridgehead atoms. The van der Waals surface area contributed by atoms with Crippen LogP contribution in [0, 0.1) is 0 Å². The number of halogens is 2. The van der Waals surface area contributed by atoms with Crippen molar-refractivity contribution in [3.05, 3.63) is 27.1 Å². The van der Waals surface area contributed by atoms with E-state index >= 15 is 0 Å². The number of nitrogens with zero attached hydrogens (tertiary/aromatic N) is 1. The van der Waals surface area contributed by atoms with Crippen LogP contribution in [0.25, 0.3) is 0 Å². The Morgan fingerprint density at radius 3 is 2.68 bits per heavy atom. The Balaban J connectivity index is 2.39. The molecular formula is C12H15Br2NO3S. The number of rotatable bonds is 2. The minimum absolute atomic E-state index is 0.133. The molecule has 7 heteroatoms. The van der Waals surface area contributed by atoms with Crippen LogP contribution in [0.15, 0.2) is 32.0 Å². The Morgan fingerprint density at radius 2 is 2.05 bits per heavy atom. The zero-order valence-electron chi connectivity index (χ0n) is 10.4. The topological polar surface area (TPSA) is 57.6 Å². The Bertz CT molecular complexity index is 587. The molecule has 19 heavy (non-hydrogen) atoms. The minimum atomic E-state index is -3.59. The highest BCUT2D eigenvalue weighted by atomic mass is 79.9. The van der Waals surface area contributed by atoms with Gasteiger partial charge in [0.15, 0.2) is 0 Å². The van der Waals surface area contributed by atoms with Crippen molar-refractivity contribution in [1.29, 1.82) is 0 Å². The molecule has 1 aromatic carbocycles. The zero-order valence-corrected chi connectivity index (χ0v) is 14.4. The quantitative estimate of drug-likeness (QED) is 0.812. The van der Waals surface area contributed by atoms with Crippen molar-refractivity contribution in [2.45, 2.75) is 30.3 Å². The van der Waals surface area contributed by atoms with Crippen molar-refractivity contribution in [3.63, 3.8) is 0 Å². The number of sulfonamides is 1. The van der Waals surface area contributed by atoms with E-state index in [0.717, 1.165) is 0 Å². The molecule has 4 nitrogen and oxygen atoms in total. The summed E-state index contributed by atoms with van der Waals surface area (Å²) in [7, 11) is -3.59. The van der Waals surface area contributed by atoms with Gasteiger partial charge in [-0.1, -0.05) is 15.9 Å². The van der Waals surface area contributed by atoms with Gasteiger partial charge in [0, 0.05) is 22.0 Å². The van der Waals surface area contributed by atoms with Gasteiger partial charge in [0.25, 0.3) is 0 Å². The Labute approximate surface area is 130 Å². The van der Waals surface area contributed by atoms with Gasteiger partial charge in [0.2, 0.25) is 10.0 Å². The van der Waals surface area contributed by atoms with E-state index in [-0.39, 0.29) is 11.4 Å². The molecule has 0 radical (unpaired) electrons. The van der Waals surface area contributed by atoms with E-state index in [9.17, 15) is 13.5 Å². The highest BCUT2D eigenvalue weighted by Crippen LogP contribution is 2.31. The van der Waals surface area contributed by atoms with Crippen molar-refractivity contribution in [1.82, 2.24) is 4.31 Å². The van der Waals surface area contributed by atoms with Gasteiger partial charge in [-0.15, -0.1) is 0 Å². The first-order valence-corrected chi connectivity index (χ1v) is 8.93. The molecule has 1 aliphatic heterocycles. The standard InChI is InChI=1S/C12H15Br2NO3S/c1-12(16)5-2-6-15(8-12)19(17,18)11-7-9(13)3-4-10(11)14/h3-4,7,16H,2,5-6,8H2,1H3. The number of hydrogen-bond acceptors (Lipinski definition) is 3. The minimum Gasteiger partial charge on any atom is -0.389 e. The van der Waals surface area contributed by atoms with Gasteiger partial charge in [-0.25, -0.2) is 8.42 Å². The summed E-state index contributed by atoms with van der Waals surface area (Å²) < 4.78 is 27.8. The molecule has 106 valence electrons. The summed E-state index contributed by atoms with van der Waals surface area (Å²) in [5.74, 6) is 0. The van der Waals surface area contributed by atoms with E-state index in [0.29, 0.717) is 28.3 Å². The summed E-state index contributed by atoms with van der Waals surface area (Å²) in [6, 6.07) is 5.04. The molecular weight excluding hydrogens is 398 g/mol. The normalized spacial score (nSPS) is 25.5. The average Bonchev–Trinajstić information content (AvgIpc) is 2.31. The summed E-state index contributed by atoms with van der Waals surface area (Å²) in [4.78, 5) is 0.222. The van der Waals surface area contributed by atoms with Crippen molar-refractivity contribution in [2.75, 3.05) is 13.1 Å². The Kier molecular flexibility index (Phi) is 4.42. The van der Waals surface area contributed by atoms with E-state index in [2.05, 4.69) is 31.9 Å². The molecule has 1 heterocycles. The fourth-order valence-corrected chi connectivity index (χ4v) is 5.25. The first-order valence-electron chi connectivity index (χ1n) is 5.90. The molecule has 1 N–H and O–H groups in total. The van der Waals surface area contributed by atoms with Crippen molar-refractivity contribution in [2.24, 2.45) is 0 Å². The first kappa shape index (κ1) is 15.4. The number of hydrogen-bond donors (Lipinski definition) is 1. The fraction of sp³-hybridized carbons (Fsp3) is 0.500. The van der Waals surface area contributed by atoms with Gasteiger partial charge in [-0.05, 0) is 53.9 Å². The molecule has 0 aliphatic carbocycles. The molecule has 1 atom stereocenters. The summed E-state index contributed by atoms with van der Waals surface area (Å²) in [6.45, 7) is 2.25. The second kappa shape index (κ2) is 5.44. The van der Waals surface area contributed by atoms with Crippen molar-refractivity contribution >= 4 is 41.9 Å². The highest BCUT2D eigenvalue weighted by Gasteiger charge is 2.36. The van der Waals surface area contributed by atoms with Gasteiger partial charge >= 0.3 is 0 Å². The largest absolute Gasteiger partial charge is 0.389 e. The summed E-state index contributed by atoms with van der Waals surface area (Å²) >= 11 is 6.55. The molecule has 0 aromatic heterocycles. The smallest absolute Gasteiger partial charge is 0.244 e. The molecule has 1 fully saturated rings. The molecule has 0 spiro atoms. The van der Waals surface area contributed by atoms with Gasteiger partial charge < -0.3 is 5.11 Å². The Morgan fingerprint density at radius 1 is 1.37 bits per heavy atom. The second-order valence-electron chi connectivity index (χ2n) is 5.01. The van der Waals surface area contributed by atoms with E-state index in [1.807, 2.05) is 0 Å². The summed E-state index contributed by atoms with van der Waals surface area (Å²) in [5.41, 5.74) is -0.955. The van der Waals surface area contributed by atoms with Crippen LogP contribution < -0.4 is 0 Å². The maximum absolute atomic E-state index is 12.6. The van der Waals surface area contributed by atoms with Crippen molar-refractivity contribution < 1.29 is 13.5 Å². The van der Waals surface area contributed by atoms with Crippen LogP contribution in [-0.4, -0.2) is 36.5 Å². The van der Waals surface area contributed by atoms with Gasteiger partial charge in [0.05, 0.1) is 10.5 Å². The predicted octanol–water partition coefficient (Wildman–Crippen LogP) is 2.75. The summed E-state index contributed by atoms with van der Waals surface area (Å²) in [5, 5.41) is 10.1. The van der Waals surface area contributed by atoms with E-state index < -0.39 is 15.6 Å². The van der Waals surface area contributed by atoms with Crippen LogP contribution in [0.4, 0.5) is 0 Å². The Hall–Kier alpha value is 0.0500. The van der Waals surface area contributed by atoms with E-state index in [1.165, 1.54) is 4.31 Å². The lowest BCUT2D eigenvalue weighted by Gasteiger charge is -2.36. The summed E-state index contributed by atoms with van der Waals surface area (Å²) in [6.07, 6.45) is 1.29. The molecule has 2 rings (SSSR count). The second-order valence-corrected chi connectivity index (χ2v) is 8.69. The fourth-order valence-electron chi connectivity index (χ4n) is 2.19. The highest BCUT2D eigenvalue weighted by molar-refractivity contribution is 9.11. The number of aliphatic hydroxyl groups is 1.